The van der Waals surface area contributed by atoms with Gasteiger partial charge in [-0.25, -0.2) is 4.79 Å². The number of hydrogen-bond donors (Lipinski definition) is 0. The number of halogens is 1. The van der Waals surface area contributed by atoms with Crippen LogP contribution in [0.1, 0.15) is 13.8 Å². The summed E-state index contributed by atoms with van der Waals surface area (Å²) in [7, 11) is 0. The molecule has 0 aromatic heterocycles. The molecule has 0 spiro atoms. The van der Waals surface area contributed by atoms with E-state index in [-0.39, 0.29) is 0 Å². The van der Waals surface area contributed by atoms with Gasteiger partial charge in [-0.3, -0.25) is 0 Å². The third kappa shape index (κ3) is 3.07. The van der Waals surface area contributed by atoms with Crippen molar-refractivity contribution in [2.75, 3.05) is 0 Å². The molecule has 0 saturated carbocycles. The lowest BCUT2D eigenvalue weighted by molar-refractivity contribution is -0.136. The monoisotopic (exact) mass is 198 g/mol. The van der Waals surface area contributed by atoms with Gasteiger partial charge in [0.05, 0.1) is 0 Å². The van der Waals surface area contributed by atoms with Gasteiger partial charge in [-0.2, -0.15) is 0 Å². The minimum absolute atomic E-state index is 0.444. The highest BCUT2D eigenvalue weighted by atomic mass is 35.5. The first-order valence-electron chi connectivity index (χ1n) is 3.96. The van der Waals surface area contributed by atoms with E-state index in [1.807, 2.05) is 6.07 Å². The van der Waals surface area contributed by atoms with E-state index in [1.54, 1.807) is 38.1 Å². The standard InChI is InChI=1S/C10H11ClO2/c1-10(2,11)9(12)13-8-6-4-3-5-7-8/h3-7H,1-2H3. The Morgan fingerprint density at radius 1 is 1.31 bits per heavy atom. The molecule has 1 aromatic carbocycles. The number of carbonyl (C=O) groups excluding carboxylic acids is 1. The number of esters is 1. The zero-order valence-electron chi connectivity index (χ0n) is 7.58. The van der Waals surface area contributed by atoms with Crippen molar-refractivity contribution in [3.8, 4) is 5.75 Å². The number of benzene rings is 1. The minimum Gasteiger partial charge on any atom is -0.425 e. The van der Waals surface area contributed by atoms with Crippen molar-refractivity contribution >= 4 is 17.6 Å². The first-order valence-corrected chi connectivity index (χ1v) is 4.34. The van der Waals surface area contributed by atoms with Crippen LogP contribution in [0.4, 0.5) is 0 Å². The Hall–Kier alpha value is -1.02. The lowest BCUT2D eigenvalue weighted by atomic mass is 10.2. The van der Waals surface area contributed by atoms with Crippen LogP contribution >= 0.6 is 11.6 Å². The van der Waals surface area contributed by atoms with E-state index >= 15 is 0 Å². The summed E-state index contributed by atoms with van der Waals surface area (Å²) in [5.41, 5.74) is 0. The third-order valence-electron chi connectivity index (χ3n) is 1.44. The molecule has 0 aliphatic heterocycles. The van der Waals surface area contributed by atoms with Crippen molar-refractivity contribution in [2.45, 2.75) is 18.7 Å². The fraction of sp³-hybridized carbons (Fsp3) is 0.300. The molecular formula is C10H11ClO2. The fourth-order valence-corrected chi connectivity index (χ4v) is 0.756. The predicted molar refractivity (Wildman–Crippen MR) is 52.0 cm³/mol. The Morgan fingerprint density at radius 2 is 1.85 bits per heavy atom. The first kappa shape index (κ1) is 10.1. The fourth-order valence-electron chi connectivity index (χ4n) is 0.717. The molecule has 0 fully saturated rings. The van der Waals surface area contributed by atoms with E-state index in [0.717, 1.165) is 0 Å². The Kier molecular flexibility index (Phi) is 2.94. The van der Waals surface area contributed by atoms with Gasteiger partial charge in [0, 0.05) is 0 Å². The van der Waals surface area contributed by atoms with Crippen LogP contribution in [0, 0.1) is 0 Å². The van der Waals surface area contributed by atoms with Crippen LogP contribution in [-0.4, -0.2) is 10.8 Å². The van der Waals surface area contributed by atoms with Crippen LogP contribution in [-0.2, 0) is 4.79 Å². The van der Waals surface area contributed by atoms with Gasteiger partial charge in [0.15, 0.2) is 0 Å². The van der Waals surface area contributed by atoms with Crippen molar-refractivity contribution in [1.29, 1.82) is 0 Å². The molecule has 0 aliphatic carbocycles. The van der Waals surface area contributed by atoms with Crippen molar-refractivity contribution in [2.24, 2.45) is 0 Å². The molecule has 2 nitrogen and oxygen atoms in total. The van der Waals surface area contributed by atoms with Crippen molar-refractivity contribution in [1.82, 2.24) is 0 Å². The molecule has 13 heavy (non-hydrogen) atoms. The van der Waals surface area contributed by atoms with E-state index in [4.69, 9.17) is 16.3 Å². The Labute approximate surface area is 82.5 Å². The maximum Gasteiger partial charge on any atom is 0.332 e. The van der Waals surface area contributed by atoms with E-state index in [0.29, 0.717) is 5.75 Å². The van der Waals surface area contributed by atoms with Gasteiger partial charge in [0.2, 0.25) is 0 Å². The predicted octanol–water partition coefficient (Wildman–Crippen LogP) is 2.61. The highest BCUT2D eigenvalue weighted by Crippen LogP contribution is 2.17. The lowest BCUT2D eigenvalue weighted by Gasteiger charge is -2.13. The maximum absolute atomic E-state index is 11.3. The highest BCUT2D eigenvalue weighted by molar-refractivity contribution is 6.33. The molecule has 0 bridgehead atoms. The molecule has 70 valence electrons. The van der Waals surface area contributed by atoms with Gasteiger partial charge in [-0.1, -0.05) is 18.2 Å². The van der Waals surface area contributed by atoms with E-state index in [1.165, 1.54) is 0 Å². The smallest absolute Gasteiger partial charge is 0.332 e. The zero-order valence-corrected chi connectivity index (χ0v) is 8.34. The van der Waals surface area contributed by atoms with Crippen LogP contribution in [0.2, 0.25) is 0 Å². The summed E-state index contributed by atoms with van der Waals surface area (Å²) in [6, 6.07) is 8.86. The molecular weight excluding hydrogens is 188 g/mol. The molecule has 1 rings (SSSR count). The quantitative estimate of drug-likeness (QED) is 0.415. The van der Waals surface area contributed by atoms with Crippen LogP contribution in [0.15, 0.2) is 30.3 Å². The summed E-state index contributed by atoms with van der Waals surface area (Å²) in [6.45, 7) is 3.19. The zero-order chi connectivity index (χ0) is 9.90. The number of ether oxygens (including phenoxy) is 1. The number of alkyl halides is 1. The lowest BCUT2D eigenvalue weighted by Crippen LogP contribution is -2.29. The van der Waals surface area contributed by atoms with Crippen molar-refractivity contribution in [3.63, 3.8) is 0 Å². The van der Waals surface area contributed by atoms with Gasteiger partial charge in [0.25, 0.3) is 0 Å². The second-order valence-corrected chi connectivity index (χ2v) is 4.12. The van der Waals surface area contributed by atoms with Gasteiger partial charge in [0.1, 0.15) is 10.6 Å². The van der Waals surface area contributed by atoms with Gasteiger partial charge < -0.3 is 4.74 Å². The van der Waals surface area contributed by atoms with Crippen molar-refractivity contribution in [3.05, 3.63) is 30.3 Å². The molecule has 3 heteroatoms. The normalized spacial score (nSPS) is 11.0. The second kappa shape index (κ2) is 3.79. The molecule has 0 atom stereocenters. The van der Waals surface area contributed by atoms with Crippen LogP contribution in [0.3, 0.4) is 0 Å². The molecule has 0 radical (unpaired) electrons. The van der Waals surface area contributed by atoms with Gasteiger partial charge in [-0.05, 0) is 26.0 Å². The second-order valence-electron chi connectivity index (χ2n) is 3.18. The molecule has 0 saturated heterocycles. The van der Waals surface area contributed by atoms with Crippen LogP contribution in [0.25, 0.3) is 0 Å². The van der Waals surface area contributed by atoms with E-state index in [9.17, 15) is 4.79 Å². The number of para-hydroxylation sites is 1. The Bertz CT molecular complexity index is 288. The summed E-state index contributed by atoms with van der Waals surface area (Å²) in [6.07, 6.45) is 0. The van der Waals surface area contributed by atoms with Gasteiger partial charge >= 0.3 is 5.97 Å². The van der Waals surface area contributed by atoms with Gasteiger partial charge in [-0.15, -0.1) is 11.6 Å². The summed E-state index contributed by atoms with van der Waals surface area (Å²) in [5.74, 6) is 0.0709. The Balaban J connectivity index is 2.66. The number of hydrogen-bond acceptors (Lipinski definition) is 2. The van der Waals surface area contributed by atoms with E-state index in [2.05, 4.69) is 0 Å². The molecule has 1 aromatic rings. The molecule has 0 heterocycles. The summed E-state index contributed by atoms with van der Waals surface area (Å²) >= 11 is 5.76. The van der Waals surface area contributed by atoms with E-state index < -0.39 is 10.8 Å². The topological polar surface area (TPSA) is 26.3 Å². The SMILES string of the molecule is CC(C)(Cl)C(=O)Oc1ccccc1. The summed E-state index contributed by atoms with van der Waals surface area (Å²) in [4.78, 5) is 10.3. The Morgan fingerprint density at radius 3 is 2.31 bits per heavy atom. The average molecular weight is 199 g/mol. The summed E-state index contributed by atoms with van der Waals surface area (Å²) in [5, 5.41) is 0. The van der Waals surface area contributed by atoms with Crippen molar-refractivity contribution < 1.29 is 9.53 Å². The number of carbonyl (C=O) groups is 1. The maximum atomic E-state index is 11.3. The number of rotatable bonds is 2. The van der Waals surface area contributed by atoms with Crippen LogP contribution < -0.4 is 4.74 Å². The van der Waals surface area contributed by atoms with Crippen LogP contribution in [0.5, 0.6) is 5.75 Å². The largest absolute Gasteiger partial charge is 0.425 e. The first-order chi connectivity index (χ1) is 6.00. The average Bonchev–Trinajstić information content (AvgIpc) is 2.04. The molecule has 0 unspecified atom stereocenters. The third-order valence-corrected chi connectivity index (χ3v) is 1.59. The molecule has 0 amide bonds. The molecule has 0 N–H and O–H groups in total. The highest BCUT2D eigenvalue weighted by Gasteiger charge is 2.26. The minimum atomic E-state index is -0.976. The molecule has 0 aliphatic rings. The summed E-state index contributed by atoms with van der Waals surface area (Å²) < 4.78 is 5.01.